The van der Waals surface area contributed by atoms with Crippen molar-refractivity contribution < 1.29 is 9.15 Å². The number of ether oxygens (including phenoxy) is 1. The number of aromatic nitrogens is 4. The number of fused-ring (bicyclic) bond motifs is 1. The van der Waals surface area contributed by atoms with Gasteiger partial charge >= 0.3 is 0 Å². The Morgan fingerprint density at radius 1 is 1.10 bits per heavy atom. The molecule has 1 atom stereocenters. The molecule has 0 spiro atoms. The number of piperidine rings is 1. The molecule has 7 nitrogen and oxygen atoms in total. The van der Waals surface area contributed by atoms with Crippen LogP contribution in [0.5, 0.6) is 5.75 Å². The fourth-order valence-corrected chi connectivity index (χ4v) is 3.99. The summed E-state index contributed by atoms with van der Waals surface area (Å²) >= 11 is 0. The number of hydrogen-bond acceptors (Lipinski definition) is 7. The number of nitrogens with zero attached hydrogens (tertiary/aromatic N) is 5. The zero-order valence-corrected chi connectivity index (χ0v) is 16.9. The van der Waals surface area contributed by atoms with Crippen LogP contribution in [0.4, 0.5) is 0 Å². The summed E-state index contributed by atoms with van der Waals surface area (Å²) in [5, 5.41) is 9.65. The van der Waals surface area contributed by atoms with Gasteiger partial charge in [0.2, 0.25) is 5.89 Å². The lowest BCUT2D eigenvalue weighted by molar-refractivity contribution is 0.117. The van der Waals surface area contributed by atoms with Crippen molar-refractivity contribution in [1.82, 2.24) is 25.1 Å². The third-order valence-corrected chi connectivity index (χ3v) is 5.54. The van der Waals surface area contributed by atoms with Gasteiger partial charge in [0, 0.05) is 18.1 Å². The number of methoxy groups -OCH3 is 1. The van der Waals surface area contributed by atoms with Gasteiger partial charge in [-0.3, -0.25) is 14.9 Å². The molecule has 1 fully saturated rings. The molecular weight excluding hydrogens is 378 g/mol. The lowest BCUT2D eigenvalue weighted by Gasteiger charge is -2.33. The first-order valence-electron chi connectivity index (χ1n) is 10.2. The molecule has 3 aromatic heterocycles. The van der Waals surface area contributed by atoms with E-state index in [-0.39, 0.29) is 6.04 Å². The summed E-state index contributed by atoms with van der Waals surface area (Å²) in [7, 11) is 1.68. The first-order valence-corrected chi connectivity index (χ1v) is 10.2. The maximum atomic E-state index is 6.01. The van der Waals surface area contributed by atoms with E-state index in [1.807, 2.05) is 36.4 Å². The average molecular weight is 401 g/mol. The smallest absolute Gasteiger partial charge is 0.266 e. The molecule has 152 valence electrons. The fraction of sp³-hybridized carbons (Fsp3) is 0.304. The van der Waals surface area contributed by atoms with Gasteiger partial charge in [-0.2, -0.15) is 0 Å². The van der Waals surface area contributed by atoms with Crippen LogP contribution < -0.4 is 4.74 Å². The molecule has 4 heterocycles. The Hall–Kier alpha value is -3.32. The fourth-order valence-electron chi connectivity index (χ4n) is 3.99. The van der Waals surface area contributed by atoms with Gasteiger partial charge in [-0.15, -0.1) is 10.2 Å². The molecule has 4 aromatic rings. The van der Waals surface area contributed by atoms with E-state index in [0.29, 0.717) is 17.5 Å². The molecule has 0 saturated carbocycles. The molecule has 0 N–H and O–H groups in total. The molecule has 5 rings (SSSR count). The first kappa shape index (κ1) is 18.7. The van der Waals surface area contributed by atoms with Crippen molar-refractivity contribution in [3.63, 3.8) is 0 Å². The maximum Gasteiger partial charge on any atom is 0.266 e. The van der Waals surface area contributed by atoms with Crippen LogP contribution in [-0.4, -0.2) is 38.7 Å². The second kappa shape index (κ2) is 8.20. The van der Waals surface area contributed by atoms with E-state index in [4.69, 9.17) is 14.1 Å². The van der Waals surface area contributed by atoms with Crippen LogP contribution in [0.2, 0.25) is 0 Å². The minimum atomic E-state index is 0.0945. The van der Waals surface area contributed by atoms with Gasteiger partial charge in [-0.25, -0.2) is 0 Å². The number of pyridine rings is 2. The molecule has 30 heavy (non-hydrogen) atoms. The van der Waals surface area contributed by atoms with Crippen LogP contribution in [0.15, 0.2) is 59.1 Å². The van der Waals surface area contributed by atoms with E-state index >= 15 is 0 Å². The lowest BCUT2D eigenvalue weighted by Crippen LogP contribution is -2.33. The standard InChI is InChI=1S/C23H23N5O2/c1-29-18-10-11-19-16(14-18)8-9-17(25-19)15-28-13-5-3-7-21(28)23-27-26-22(30-23)20-6-2-4-12-24-20/h2,4,6,8-12,14,21H,3,5,7,13,15H2,1H3/t21-/m1/s1. The van der Waals surface area contributed by atoms with Crippen molar-refractivity contribution in [2.45, 2.75) is 31.8 Å². The molecule has 0 bridgehead atoms. The quantitative estimate of drug-likeness (QED) is 0.490. The van der Waals surface area contributed by atoms with Crippen LogP contribution in [0, 0.1) is 0 Å². The summed E-state index contributed by atoms with van der Waals surface area (Å²) in [4.78, 5) is 11.5. The van der Waals surface area contributed by atoms with Crippen LogP contribution in [0.25, 0.3) is 22.5 Å². The second-order valence-corrected chi connectivity index (χ2v) is 7.50. The highest BCUT2D eigenvalue weighted by atomic mass is 16.5. The summed E-state index contributed by atoms with van der Waals surface area (Å²) in [5.41, 5.74) is 2.70. The normalized spacial score (nSPS) is 17.3. The number of likely N-dealkylation sites (tertiary alicyclic amines) is 1. The van der Waals surface area contributed by atoms with Gasteiger partial charge in [0.25, 0.3) is 5.89 Å². The highest BCUT2D eigenvalue weighted by Gasteiger charge is 2.29. The molecule has 0 radical (unpaired) electrons. The van der Waals surface area contributed by atoms with E-state index in [0.717, 1.165) is 54.7 Å². The number of benzene rings is 1. The van der Waals surface area contributed by atoms with E-state index < -0.39 is 0 Å². The predicted octanol–water partition coefficient (Wildman–Crippen LogP) is 4.42. The van der Waals surface area contributed by atoms with Gasteiger partial charge in [-0.1, -0.05) is 18.6 Å². The number of rotatable bonds is 5. The van der Waals surface area contributed by atoms with Crippen LogP contribution in [0.3, 0.4) is 0 Å². The summed E-state index contributed by atoms with van der Waals surface area (Å²) in [6, 6.07) is 15.9. The minimum absolute atomic E-state index is 0.0945. The first-order chi connectivity index (χ1) is 14.8. The molecule has 0 aliphatic carbocycles. The van der Waals surface area contributed by atoms with Crippen LogP contribution in [0.1, 0.15) is 36.9 Å². The Balaban J connectivity index is 1.38. The summed E-state index contributed by atoms with van der Waals surface area (Å²) in [6.45, 7) is 1.72. The molecule has 1 aromatic carbocycles. The monoisotopic (exact) mass is 401 g/mol. The summed E-state index contributed by atoms with van der Waals surface area (Å²) in [6.07, 6.45) is 5.03. The van der Waals surface area contributed by atoms with Crippen molar-refractivity contribution in [3.05, 3.63) is 66.3 Å². The summed E-state index contributed by atoms with van der Waals surface area (Å²) < 4.78 is 11.3. The third kappa shape index (κ3) is 3.76. The Morgan fingerprint density at radius 3 is 2.93 bits per heavy atom. The largest absolute Gasteiger partial charge is 0.497 e. The van der Waals surface area contributed by atoms with Gasteiger partial charge in [0.15, 0.2) is 0 Å². The van der Waals surface area contributed by atoms with E-state index in [2.05, 4.69) is 32.2 Å². The Morgan fingerprint density at radius 2 is 2.07 bits per heavy atom. The topological polar surface area (TPSA) is 77.2 Å². The lowest BCUT2D eigenvalue weighted by atomic mass is 10.0. The van der Waals surface area contributed by atoms with Crippen LogP contribution >= 0.6 is 0 Å². The highest BCUT2D eigenvalue weighted by molar-refractivity contribution is 5.80. The highest BCUT2D eigenvalue weighted by Crippen LogP contribution is 2.32. The van der Waals surface area contributed by atoms with Crippen molar-refractivity contribution in [2.75, 3.05) is 13.7 Å². The molecule has 1 aliphatic heterocycles. The Bertz CT molecular complexity index is 1140. The van der Waals surface area contributed by atoms with Crippen molar-refractivity contribution >= 4 is 10.9 Å². The van der Waals surface area contributed by atoms with Crippen LogP contribution in [-0.2, 0) is 6.54 Å². The second-order valence-electron chi connectivity index (χ2n) is 7.50. The predicted molar refractivity (Wildman–Crippen MR) is 113 cm³/mol. The van der Waals surface area contributed by atoms with Gasteiger partial charge in [0.1, 0.15) is 11.4 Å². The maximum absolute atomic E-state index is 6.01. The van der Waals surface area contributed by atoms with Gasteiger partial charge in [-0.05, 0) is 55.8 Å². The minimum Gasteiger partial charge on any atom is -0.497 e. The van der Waals surface area contributed by atoms with E-state index in [9.17, 15) is 0 Å². The van der Waals surface area contributed by atoms with Crippen molar-refractivity contribution in [1.29, 1.82) is 0 Å². The van der Waals surface area contributed by atoms with Crippen molar-refractivity contribution in [2.24, 2.45) is 0 Å². The van der Waals surface area contributed by atoms with Crippen molar-refractivity contribution in [3.8, 4) is 17.3 Å². The molecule has 0 unspecified atom stereocenters. The zero-order valence-electron chi connectivity index (χ0n) is 16.9. The number of hydrogen-bond donors (Lipinski definition) is 0. The molecular formula is C23H23N5O2. The average Bonchev–Trinajstić information content (AvgIpc) is 3.30. The van der Waals surface area contributed by atoms with E-state index in [1.54, 1.807) is 13.3 Å². The molecule has 0 amide bonds. The van der Waals surface area contributed by atoms with Gasteiger partial charge in [0.05, 0.1) is 24.4 Å². The Labute approximate surface area is 174 Å². The molecule has 7 heteroatoms. The third-order valence-electron chi connectivity index (χ3n) is 5.54. The molecule has 1 saturated heterocycles. The Kier molecular flexibility index (Phi) is 5.11. The zero-order chi connectivity index (χ0) is 20.3. The summed E-state index contributed by atoms with van der Waals surface area (Å²) in [5.74, 6) is 1.96. The van der Waals surface area contributed by atoms with Gasteiger partial charge < -0.3 is 9.15 Å². The van der Waals surface area contributed by atoms with E-state index in [1.165, 1.54) is 0 Å². The SMILES string of the molecule is COc1ccc2nc(CN3CCCC[C@@H]3c3nnc(-c4ccccn4)o3)ccc2c1. The molecule has 1 aliphatic rings.